The molecule has 0 bridgehead atoms. The molecule has 0 fully saturated rings. The SMILES string of the molecule is CNC(C(=O)Nc1ccc2[nH]ncc2c1)c1cccc(C)c1. The molecule has 2 aromatic carbocycles. The van der Waals surface area contributed by atoms with Gasteiger partial charge in [0.25, 0.3) is 0 Å². The number of H-pyrrole nitrogens is 1. The molecule has 1 unspecified atom stereocenters. The van der Waals surface area contributed by atoms with E-state index in [2.05, 4.69) is 20.8 Å². The number of carbonyl (C=O) groups excluding carboxylic acids is 1. The van der Waals surface area contributed by atoms with Gasteiger partial charge >= 0.3 is 0 Å². The molecule has 0 aliphatic carbocycles. The number of benzene rings is 2. The first-order chi connectivity index (χ1) is 10.7. The summed E-state index contributed by atoms with van der Waals surface area (Å²) in [4.78, 5) is 12.5. The Morgan fingerprint density at radius 2 is 2.09 bits per heavy atom. The van der Waals surface area contributed by atoms with Crippen molar-refractivity contribution >= 4 is 22.5 Å². The molecule has 0 aliphatic rings. The van der Waals surface area contributed by atoms with Gasteiger partial charge in [0.1, 0.15) is 6.04 Å². The molecule has 5 heteroatoms. The fourth-order valence-corrected chi connectivity index (χ4v) is 2.53. The molecule has 3 aromatic rings. The van der Waals surface area contributed by atoms with Gasteiger partial charge in [-0.05, 0) is 37.7 Å². The van der Waals surface area contributed by atoms with E-state index in [9.17, 15) is 4.79 Å². The van der Waals surface area contributed by atoms with Gasteiger partial charge in [-0.25, -0.2) is 0 Å². The van der Waals surface area contributed by atoms with Crippen molar-refractivity contribution in [2.45, 2.75) is 13.0 Å². The minimum absolute atomic E-state index is 0.0871. The van der Waals surface area contributed by atoms with Crippen molar-refractivity contribution in [2.24, 2.45) is 0 Å². The van der Waals surface area contributed by atoms with Crippen molar-refractivity contribution < 1.29 is 4.79 Å². The normalized spacial score (nSPS) is 12.3. The Bertz CT molecular complexity index is 809. The van der Waals surface area contributed by atoms with Gasteiger partial charge in [-0.1, -0.05) is 29.8 Å². The van der Waals surface area contributed by atoms with Gasteiger partial charge in [-0.3, -0.25) is 9.89 Å². The van der Waals surface area contributed by atoms with Crippen LogP contribution in [0.5, 0.6) is 0 Å². The van der Waals surface area contributed by atoms with Crippen LogP contribution in [0.25, 0.3) is 10.9 Å². The quantitative estimate of drug-likeness (QED) is 0.693. The van der Waals surface area contributed by atoms with Gasteiger partial charge in [-0.2, -0.15) is 5.10 Å². The van der Waals surface area contributed by atoms with Crippen LogP contribution in [0.1, 0.15) is 17.2 Å². The number of hydrogen-bond donors (Lipinski definition) is 3. The predicted molar refractivity (Wildman–Crippen MR) is 87.7 cm³/mol. The van der Waals surface area contributed by atoms with Crippen molar-refractivity contribution in [1.29, 1.82) is 0 Å². The number of fused-ring (bicyclic) bond motifs is 1. The lowest BCUT2D eigenvalue weighted by atomic mass is 10.0. The second-order valence-electron chi connectivity index (χ2n) is 5.30. The Hall–Kier alpha value is -2.66. The average Bonchev–Trinajstić information content (AvgIpc) is 2.95. The van der Waals surface area contributed by atoms with E-state index >= 15 is 0 Å². The Kier molecular flexibility index (Phi) is 3.89. The Balaban J connectivity index is 1.82. The third-order valence-electron chi connectivity index (χ3n) is 3.63. The highest BCUT2D eigenvalue weighted by Crippen LogP contribution is 2.20. The minimum Gasteiger partial charge on any atom is -0.324 e. The maximum atomic E-state index is 12.5. The first kappa shape index (κ1) is 14.3. The van der Waals surface area contributed by atoms with Crippen molar-refractivity contribution in [3.05, 3.63) is 59.8 Å². The molecule has 0 spiro atoms. The van der Waals surface area contributed by atoms with Crippen LogP contribution in [0.4, 0.5) is 5.69 Å². The highest BCUT2D eigenvalue weighted by atomic mass is 16.2. The van der Waals surface area contributed by atoms with Gasteiger partial charge in [0, 0.05) is 11.1 Å². The number of nitrogens with one attached hydrogen (secondary N) is 3. The van der Waals surface area contributed by atoms with E-state index in [1.807, 2.05) is 49.4 Å². The number of hydrogen-bond acceptors (Lipinski definition) is 3. The van der Waals surface area contributed by atoms with Crippen LogP contribution in [-0.2, 0) is 4.79 Å². The second kappa shape index (κ2) is 5.99. The predicted octanol–water partition coefficient (Wildman–Crippen LogP) is 2.77. The summed E-state index contributed by atoms with van der Waals surface area (Å²) < 4.78 is 0. The molecule has 1 amide bonds. The molecule has 0 saturated carbocycles. The van der Waals surface area contributed by atoms with E-state index in [0.717, 1.165) is 27.7 Å². The third-order valence-corrected chi connectivity index (χ3v) is 3.63. The molecule has 5 nitrogen and oxygen atoms in total. The number of aromatic nitrogens is 2. The number of carbonyl (C=O) groups is 1. The van der Waals surface area contributed by atoms with Crippen LogP contribution in [0.3, 0.4) is 0 Å². The summed E-state index contributed by atoms with van der Waals surface area (Å²) in [7, 11) is 1.78. The van der Waals surface area contributed by atoms with Crippen LogP contribution in [0.15, 0.2) is 48.7 Å². The van der Waals surface area contributed by atoms with Crippen LogP contribution in [0.2, 0.25) is 0 Å². The zero-order valence-corrected chi connectivity index (χ0v) is 12.6. The van der Waals surface area contributed by atoms with E-state index in [1.165, 1.54) is 0 Å². The molecule has 1 atom stereocenters. The second-order valence-corrected chi connectivity index (χ2v) is 5.30. The van der Waals surface area contributed by atoms with E-state index in [0.29, 0.717) is 0 Å². The van der Waals surface area contributed by atoms with Gasteiger partial charge in [0.05, 0.1) is 11.7 Å². The minimum atomic E-state index is -0.389. The summed E-state index contributed by atoms with van der Waals surface area (Å²) in [6.45, 7) is 2.01. The van der Waals surface area contributed by atoms with Gasteiger partial charge < -0.3 is 10.6 Å². The summed E-state index contributed by atoms with van der Waals surface area (Å²) in [6.07, 6.45) is 1.74. The van der Waals surface area contributed by atoms with E-state index in [4.69, 9.17) is 0 Å². The topological polar surface area (TPSA) is 69.8 Å². The number of rotatable bonds is 4. The maximum Gasteiger partial charge on any atom is 0.246 e. The first-order valence-corrected chi connectivity index (χ1v) is 7.15. The molecular weight excluding hydrogens is 276 g/mol. The molecule has 1 heterocycles. The molecular formula is C17H18N4O. The molecule has 112 valence electrons. The van der Waals surface area contributed by atoms with Gasteiger partial charge in [0.2, 0.25) is 5.91 Å². The molecule has 0 radical (unpaired) electrons. The zero-order chi connectivity index (χ0) is 15.5. The zero-order valence-electron chi connectivity index (χ0n) is 12.6. The Morgan fingerprint density at radius 3 is 2.86 bits per heavy atom. The highest BCUT2D eigenvalue weighted by molar-refractivity contribution is 5.97. The van der Waals surface area contributed by atoms with Crippen molar-refractivity contribution in [2.75, 3.05) is 12.4 Å². The number of aromatic amines is 1. The van der Waals surface area contributed by atoms with Gasteiger partial charge in [0.15, 0.2) is 0 Å². The molecule has 22 heavy (non-hydrogen) atoms. The number of anilines is 1. The Labute approximate surface area is 128 Å². The molecule has 3 rings (SSSR count). The fourth-order valence-electron chi connectivity index (χ4n) is 2.53. The van der Waals surface area contributed by atoms with E-state index in [-0.39, 0.29) is 11.9 Å². The smallest absolute Gasteiger partial charge is 0.246 e. The summed E-state index contributed by atoms with van der Waals surface area (Å²) in [5.74, 6) is -0.0871. The first-order valence-electron chi connectivity index (χ1n) is 7.15. The third kappa shape index (κ3) is 2.84. The van der Waals surface area contributed by atoms with Crippen molar-refractivity contribution in [3.63, 3.8) is 0 Å². The highest BCUT2D eigenvalue weighted by Gasteiger charge is 2.18. The lowest BCUT2D eigenvalue weighted by Gasteiger charge is -2.17. The standard InChI is InChI=1S/C17H18N4O/c1-11-4-3-5-12(8-11)16(18-2)17(22)20-14-6-7-15-13(9-14)10-19-21-15/h3-10,16,18H,1-2H3,(H,19,21)(H,20,22). The van der Waals surface area contributed by atoms with E-state index in [1.54, 1.807) is 13.2 Å². The van der Waals surface area contributed by atoms with Crippen molar-refractivity contribution in [3.8, 4) is 0 Å². The number of aryl methyl sites for hydroxylation is 1. The average molecular weight is 294 g/mol. The van der Waals surface area contributed by atoms with E-state index < -0.39 is 0 Å². The molecule has 0 saturated heterocycles. The molecule has 1 aromatic heterocycles. The molecule has 0 aliphatic heterocycles. The number of amides is 1. The number of likely N-dealkylation sites (N-methyl/N-ethyl adjacent to an activating group) is 1. The van der Waals surface area contributed by atoms with Crippen molar-refractivity contribution in [1.82, 2.24) is 15.5 Å². The summed E-state index contributed by atoms with van der Waals surface area (Å²) in [6, 6.07) is 13.2. The maximum absolute atomic E-state index is 12.5. The van der Waals surface area contributed by atoms with Crippen LogP contribution >= 0.6 is 0 Å². The number of nitrogens with zero attached hydrogens (tertiary/aromatic N) is 1. The lowest BCUT2D eigenvalue weighted by molar-refractivity contribution is -0.118. The van der Waals surface area contributed by atoms with Crippen LogP contribution in [0, 0.1) is 6.92 Å². The van der Waals surface area contributed by atoms with Gasteiger partial charge in [-0.15, -0.1) is 0 Å². The summed E-state index contributed by atoms with van der Waals surface area (Å²) in [5.41, 5.74) is 3.78. The van der Waals surface area contributed by atoms with Crippen LogP contribution < -0.4 is 10.6 Å². The summed E-state index contributed by atoms with van der Waals surface area (Å²) >= 11 is 0. The largest absolute Gasteiger partial charge is 0.324 e. The fraction of sp³-hybridized carbons (Fsp3) is 0.176. The van der Waals surface area contributed by atoms with Crippen LogP contribution in [-0.4, -0.2) is 23.2 Å². The molecule has 3 N–H and O–H groups in total. The monoisotopic (exact) mass is 294 g/mol. The Morgan fingerprint density at radius 1 is 1.23 bits per heavy atom. The summed E-state index contributed by atoms with van der Waals surface area (Å²) in [5, 5.41) is 13.9. The lowest BCUT2D eigenvalue weighted by Crippen LogP contribution is -2.30.